The van der Waals surface area contributed by atoms with Crippen molar-refractivity contribution in [1.82, 2.24) is 15.0 Å². The predicted octanol–water partition coefficient (Wildman–Crippen LogP) is 5.54. The minimum absolute atomic E-state index is 0.661. The summed E-state index contributed by atoms with van der Waals surface area (Å²) in [7, 11) is 3.25. The van der Waals surface area contributed by atoms with Crippen molar-refractivity contribution in [3.8, 4) is 22.6 Å². The van der Waals surface area contributed by atoms with Gasteiger partial charge in [-0.1, -0.05) is 48.5 Å². The van der Waals surface area contributed by atoms with Crippen LogP contribution in [0, 0.1) is 0 Å². The lowest BCUT2D eigenvalue weighted by Gasteiger charge is -2.12. The molecule has 2 N–H and O–H groups in total. The van der Waals surface area contributed by atoms with Crippen molar-refractivity contribution in [2.75, 3.05) is 19.5 Å². The van der Waals surface area contributed by atoms with E-state index in [1.165, 1.54) is 0 Å². The van der Waals surface area contributed by atoms with E-state index in [1.807, 2.05) is 48.5 Å². The standard InChI is InChI=1S/C24H20N4O2/c1-29-20-12-17-19(13-21(20)30-2)27-23-22(17)25-14-26-24(23)28-18-11-7-6-10-16(18)15-8-4-3-5-9-15/h3-14,27H,1-2H3,(H,25,26,28). The lowest BCUT2D eigenvalue weighted by Crippen LogP contribution is -1.97. The molecule has 0 aliphatic heterocycles. The van der Waals surface area contributed by atoms with E-state index in [-0.39, 0.29) is 0 Å². The van der Waals surface area contributed by atoms with E-state index in [0.717, 1.165) is 38.8 Å². The molecular formula is C24H20N4O2. The maximum atomic E-state index is 5.46. The summed E-state index contributed by atoms with van der Waals surface area (Å²) in [6.45, 7) is 0. The van der Waals surface area contributed by atoms with Crippen molar-refractivity contribution in [2.24, 2.45) is 0 Å². The predicted molar refractivity (Wildman–Crippen MR) is 120 cm³/mol. The van der Waals surface area contributed by atoms with Gasteiger partial charge in [0.2, 0.25) is 0 Å². The van der Waals surface area contributed by atoms with Crippen molar-refractivity contribution >= 4 is 33.4 Å². The highest BCUT2D eigenvalue weighted by molar-refractivity contribution is 6.09. The smallest absolute Gasteiger partial charge is 0.162 e. The maximum Gasteiger partial charge on any atom is 0.162 e. The molecule has 0 amide bonds. The minimum Gasteiger partial charge on any atom is -0.493 e. The Morgan fingerprint density at radius 2 is 1.57 bits per heavy atom. The molecular weight excluding hydrogens is 376 g/mol. The number of hydrogen-bond acceptors (Lipinski definition) is 5. The molecule has 148 valence electrons. The zero-order valence-corrected chi connectivity index (χ0v) is 16.6. The Bertz CT molecular complexity index is 1350. The molecule has 2 heterocycles. The van der Waals surface area contributed by atoms with E-state index in [1.54, 1.807) is 20.5 Å². The second kappa shape index (κ2) is 7.40. The van der Waals surface area contributed by atoms with E-state index in [4.69, 9.17) is 9.47 Å². The number of nitrogens with zero attached hydrogens (tertiary/aromatic N) is 2. The quantitative estimate of drug-likeness (QED) is 0.408. The zero-order chi connectivity index (χ0) is 20.5. The second-order valence-electron chi connectivity index (χ2n) is 6.86. The monoisotopic (exact) mass is 396 g/mol. The number of para-hydroxylation sites is 1. The van der Waals surface area contributed by atoms with Crippen LogP contribution < -0.4 is 14.8 Å². The summed E-state index contributed by atoms with van der Waals surface area (Å²) in [4.78, 5) is 12.4. The molecule has 0 radical (unpaired) electrons. The Kier molecular flexibility index (Phi) is 4.44. The Hall–Kier alpha value is -4.06. The average molecular weight is 396 g/mol. The van der Waals surface area contributed by atoms with Crippen molar-refractivity contribution in [3.05, 3.63) is 73.1 Å². The molecule has 0 fully saturated rings. The molecule has 5 aromatic rings. The first-order chi connectivity index (χ1) is 14.8. The summed E-state index contributed by atoms with van der Waals surface area (Å²) in [6.07, 6.45) is 1.57. The average Bonchev–Trinajstić information content (AvgIpc) is 3.17. The summed E-state index contributed by atoms with van der Waals surface area (Å²) >= 11 is 0. The SMILES string of the molecule is COc1cc2[nH]c3c(Nc4ccccc4-c4ccccc4)ncnc3c2cc1OC. The molecule has 6 heteroatoms. The zero-order valence-electron chi connectivity index (χ0n) is 16.6. The number of fused-ring (bicyclic) bond motifs is 3. The molecule has 2 aromatic heterocycles. The van der Waals surface area contributed by atoms with Crippen LogP contribution in [-0.4, -0.2) is 29.2 Å². The van der Waals surface area contributed by atoms with E-state index in [0.29, 0.717) is 17.3 Å². The molecule has 0 spiro atoms. The molecule has 30 heavy (non-hydrogen) atoms. The number of benzene rings is 3. The van der Waals surface area contributed by atoms with E-state index in [9.17, 15) is 0 Å². The van der Waals surface area contributed by atoms with E-state index in [2.05, 4.69) is 38.5 Å². The summed E-state index contributed by atoms with van der Waals surface area (Å²) in [5, 5.41) is 4.44. The highest BCUT2D eigenvalue weighted by Gasteiger charge is 2.15. The maximum absolute atomic E-state index is 5.46. The molecule has 0 bridgehead atoms. The first-order valence-electron chi connectivity index (χ1n) is 9.58. The van der Waals surface area contributed by atoms with Gasteiger partial charge in [0, 0.05) is 22.7 Å². The number of anilines is 2. The van der Waals surface area contributed by atoms with Crippen LogP contribution in [0.3, 0.4) is 0 Å². The van der Waals surface area contributed by atoms with Gasteiger partial charge in [-0.15, -0.1) is 0 Å². The van der Waals surface area contributed by atoms with Gasteiger partial charge in [-0.05, 0) is 17.7 Å². The number of hydrogen-bond donors (Lipinski definition) is 2. The third kappa shape index (κ3) is 2.99. The lowest BCUT2D eigenvalue weighted by molar-refractivity contribution is 0.356. The number of ether oxygens (including phenoxy) is 2. The van der Waals surface area contributed by atoms with Crippen LogP contribution in [0.2, 0.25) is 0 Å². The van der Waals surface area contributed by atoms with Crippen LogP contribution in [0.4, 0.5) is 11.5 Å². The molecule has 0 atom stereocenters. The van der Waals surface area contributed by atoms with Gasteiger partial charge < -0.3 is 19.8 Å². The normalized spacial score (nSPS) is 11.0. The molecule has 0 unspecified atom stereocenters. The van der Waals surface area contributed by atoms with Crippen molar-refractivity contribution in [1.29, 1.82) is 0 Å². The van der Waals surface area contributed by atoms with Gasteiger partial charge in [0.25, 0.3) is 0 Å². The fourth-order valence-electron chi connectivity index (χ4n) is 3.71. The molecule has 0 saturated heterocycles. The second-order valence-corrected chi connectivity index (χ2v) is 6.86. The molecule has 6 nitrogen and oxygen atoms in total. The first kappa shape index (κ1) is 18.0. The number of aromatic amines is 1. The molecule has 0 aliphatic rings. The van der Waals surface area contributed by atoms with Gasteiger partial charge in [-0.3, -0.25) is 0 Å². The Morgan fingerprint density at radius 1 is 0.833 bits per heavy atom. The number of aromatic nitrogens is 3. The van der Waals surface area contributed by atoms with Crippen LogP contribution in [0.5, 0.6) is 11.5 Å². The highest BCUT2D eigenvalue weighted by atomic mass is 16.5. The number of nitrogens with one attached hydrogen (secondary N) is 2. The van der Waals surface area contributed by atoms with Crippen molar-refractivity contribution in [2.45, 2.75) is 0 Å². The topological polar surface area (TPSA) is 72.1 Å². The summed E-state index contributed by atoms with van der Waals surface area (Å²) in [5.41, 5.74) is 5.76. The van der Waals surface area contributed by atoms with E-state index >= 15 is 0 Å². The number of rotatable bonds is 5. The summed E-state index contributed by atoms with van der Waals surface area (Å²) in [6, 6.07) is 22.3. The van der Waals surface area contributed by atoms with Crippen LogP contribution in [-0.2, 0) is 0 Å². The van der Waals surface area contributed by atoms with Gasteiger partial charge in [0.15, 0.2) is 17.3 Å². The van der Waals surface area contributed by atoms with Gasteiger partial charge >= 0.3 is 0 Å². The van der Waals surface area contributed by atoms with Crippen LogP contribution in [0.1, 0.15) is 0 Å². The molecule has 3 aromatic carbocycles. The van der Waals surface area contributed by atoms with Gasteiger partial charge in [-0.25, -0.2) is 9.97 Å². The fourth-order valence-corrected chi connectivity index (χ4v) is 3.71. The number of H-pyrrole nitrogens is 1. The third-order valence-corrected chi connectivity index (χ3v) is 5.15. The summed E-state index contributed by atoms with van der Waals surface area (Å²) < 4.78 is 10.9. The third-order valence-electron chi connectivity index (χ3n) is 5.15. The Morgan fingerprint density at radius 3 is 2.37 bits per heavy atom. The van der Waals surface area contributed by atoms with Crippen molar-refractivity contribution < 1.29 is 9.47 Å². The molecule has 5 rings (SSSR count). The Balaban J connectivity index is 1.65. The van der Waals surface area contributed by atoms with Gasteiger partial charge in [0.1, 0.15) is 17.4 Å². The van der Waals surface area contributed by atoms with Crippen LogP contribution in [0.15, 0.2) is 73.1 Å². The van der Waals surface area contributed by atoms with Gasteiger partial charge in [0.05, 0.1) is 19.7 Å². The van der Waals surface area contributed by atoms with Crippen LogP contribution in [0.25, 0.3) is 33.1 Å². The molecule has 0 saturated carbocycles. The first-order valence-corrected chi connectivity index (χ1v) is 9.58. The fraction of sp³-hybridized carbons (Fsp3) is 0.0833. The van der Waals surface area contributed by atoms with Gasteiger partial charge in [-0.2, -0.15) is 0 Å². The minimum atomic E-state index is 0.661. The molecule has 0 aliphatic carbocycles. The lowest BCUT2D eigenvalue weighted by atomic mass is 10.0. The summed E-state index contributed by atoms with van der Waals surface area (Å²) in [5.74, 6) is 2.03. The largest absolute Gasteiger partial charge is 0.493 e. The van der Waals surface area contributed by atoms with Crippen LogP contribution >= 0.6 is 0 Å². The van der Waals surface area contributed by atoms with Crippen molar-refractivity contribution in [3.63, 3.8) is 0 Å². The Labute approximate surface area is 173 Å². The highest BCUT2D eigenvalue weighted by Crippen LogP contribution is 2.37. The number of methoxy groups -OCH3 is 2. The van der Waals surface area contributed by atoms with E-state index < -0.39 is 0 Å².